The zero-order chi connectivity index (χ0) is 6.97. The van der Waals surface area contributed by atoms with Crippen LogP contribution in [0.5, 0.6) is 0 Å². The SMILES string of the molecule is [2H]C1=NC=C2C=CN=C2C1. The smallest absolute Gasteiger partial charge is 0.0795 e. The van der Waals surface area contributed by atoms with Crippen LogP contribution in [0, 0.1) is 0 Å². The third kappa shape index (κ3) is 0.633. The first-order chi connectivity index (χ1) is 4.86. The summed E-state index contributed by atoms with van der Waals surface area (Å²) in [7, 11) is 0. The van der Waals surface area contributed by atoms with E-state index in [-0.39, 0.29) is 0 Å². The van der Waals surface area contributed by atoms with Crippen LogP contribution >= 0.6 is 0 Å². The number of aliphatic imine (C=N–C) groups is 2. The highest BCUT2D eigenvalue weighted by Gasteiger charge is 2.08. The van der Waals surface area contributed by atoms with Gasteiger partial charge in [0.15, 0.2) is 0 Å². The molecule has 0 atom stereocenters. The molecule has 2 aliphatic heterocycles. The molecule has 2 heteroatoms. The van der Waals surface area contributed by atoms with E-state index in [9.17, 15) is 0 Å². The highest BCUT2D eigenvalue weighted by atomic mass is 14.8. The monoisotopic (exact) mass is 119 g/mol. The first-order valence-electron chi connectivity index (χ1n) is 3.33. The van der Waals surface area contributed by atoms with Gasteiger partial charge in [-0.3, -0.25) is 9.98 Å². The summed E-state index contributed by atoms with van der Waals surface area (Å²) in [6, 6.07) is 0. The van der Waals surface area contributed by atoms with E-state index in [4.69, 9.17) is 1.37 Å². The number of rotatable bonds is 0. The minimum Gasteiger partial charge on any atom is -0.268 e. The molecule has 0 radical (unpaired) electrons. The van der Waals surface area contributed by atoms with Crippen LogP contribution in [-0.4, -0.2) is 11.9 Å². The topological polar surface area (TPSA) is 24.7 Å². The van der Waals surface area contributed by atoms with Crippen LogP contribution in [0.3, 0.4) is 0 Å². The van der Waals surface area contributed by atoms with Crippen LogP contribution in [0.25, 0.3) is 0 Å². The first kappa shape index (κ1) is 3.77. The molecule has 2 aliphatic rings. The summed E-state index contributed by atoms with van der Waals surface area (Å²) in [5.41, 5.74) is 2.02. The lowest BCUT2D eigenvalue weighted by molar-refractivity contribution is 1.43. The first-order valence-corrected chi connectivity index (χ1v) is 2.83. The third-order valence-corrected chi connectivity index (χ3v) is 1.36. The number of allylic oxidation sites excluding steroid dienone is 2. The Bertz CT molecular complexity index is 284. The van der Waals surface area contributed by atoms with Crippen molar-refractivity contribution < 1.29 is 1.37 Å². The van der Waals surface area contributed by atoms with Crippen molar-refractivity contribution in [2.75, 3.05) is 0 Å². The van der Waals surface area contributed by atoms with E-state index < -0.39 is 0 Å². The van der Waals surface area contributed by atoms with Crippen molar-refractivity contribution in [2.24, 2.45) is 9.98 Å². The zero-order valence-corrected chi connectivity index (χ0v) is 4.83. The molecular weight excluding hydrogens is 112 g/mol. The molecule has 2 rings (SSSR count). The number of fused-ring (bicyclic) bond motifs is 1. The fraction of sp³-hybridized carbons (Fsp3) is 0.143. The summed E-state index contributed by atoms with van der Waals surface area (Å²) in [6.07, 6.45) is 6.32. The van der Waals surface area contributed by atoms with Gasteiger partial charge in [0, 0.05) is 30.6 Å². The minimum absolute atomic E-state index is 0.395. The van der Waals surface area contributed by atoms with Gasteiger partial charge in [0.1, 0.15) is 0 Å². The molecule has 0 spiro atoms. The summed E-state index contributed by atoms with van der Waals surface area (Å²) in [6.45, 7) is 0. The third-order valence-electron chi connectivity index (χ3n) is 1.36. The molecule has 0 unspecified atom stereocenters. The van der Waals surface area contributed by atoms with Crippen LogP contribution in [-0.2, 0) is 0 Å². The Hall–Kier alpha value is -1.18. The molecule has 9 heavy (non-hydrogen) atoms. The van der Waals surface area contributed by atoms with E-state index in [1.165, 1.54) is 0 Å². The second-order valence-corrected chi connectivity index (χ2v) is 1.94. The van der Waals surface area contributed by atoms with E-state index in [1.807, 2.05) is 6.08 Å². The summed E-state index contributed by atoms with van der Waals surface area (Å²) in [4.78, 5) is 7.94. The second kappa shape index (κ2) is 1.65. The van der Waals surface area contributed by atoms with Crippen molar-refractivity contribution in [1.82, 2.24) is 0 Å². The predicted octanol–water partition coefficient (Wildman–Crippen LogP) is 1.31. The number of hydrogen-bond donors (Lipinski definition) is 0. The van der Waals surface area contributed by atoms with Crippen molar-refractivity contribution in [3.05, 3.63) is 24.0 Å². The molecule has 0 saturated heterocycles. The lowest BCUT2D eigenvalue weighted by Gasteiger charge is -2.00. The van der Waals surface area contributed by atoms with Gasteiger partial charge in [-0.05, 0) is 6.08 Å². The molecule has 0 bridgehead atoms. The Labute approximate surface area is 54.7 Å². The predicted molar refractivity (Wildman–Crippen MR) is 37.8 cm³/mol. The highest BCUT2D eigenvalue weighted by Crippen LogP contribution is 2.13. The van der Waals surface area contributed by atoms with Crippen molar-refractivity contribution in [2.45, 2.75) is 6.42 Å². The average Bonchev–Trinajstić information content (AvgIpc) is 2.33. The van der Waals surface area contributed by atoms with Crippen molar-refractivity contribution in [1.29, 1.82) is 0 Å². The van der Waals surface area contributed by atoms with Gasteiger partial charge in [-0.2, -0.15) is 0 Å². The van der Waals surface area contributed by atoms with Crippen molar-refractivity contribution >= 4 is 11.9 Å². The Morgan fingerprint density at radius 3 is 3.67 bits per heavy atom. The molecule has 0 aromatic rings. The molecule has 0 aromatic carbocycles. The van der Waals surface area contributed by atoms with E-state index in [1.54, 1.807) is 12.4 Å². The lowest BCUT2D eigenvalue weighted by Crippen LogP contribution is -2.01. The Balaban J connectivity index is 2.42. The molecule has 2 nitrogen and oxygen atoms in total. The van der Waals surface area contributed by atoms with Crippen LogP contribution < -0.4 is 0 Å². The molecule has 0 fully saturated rings. The lowest BCUT2D eigenvalue weighted by atomic mass is 10.1. The Kier molecular flexibility index (Phi) is 0.693. The van der Waals surface area contributed by atoms with Gasteiger partial charge in [-0.15, -0.1) is 0 Å². The van der Waals surface area contributed by atoms with Crippen LogP contribution in [0.15, 0.2) is 34.0 Å². The minimum atomic E-state index is 0.395. The van der Waals surface area contributed by atoms with Gasteiger partial charge in [0.2, 0.25) is 0 Å². The summed E-state index contributed by atoms with van der Waals surface area (Å²) >= 11 is 0. The Morgan fingerprint density at radius 2 is 2.67 bits per heavy atom. The van der Waals surface area contributed by atoms with Gasteiger partial charge >= 0.3 is 0 Å². The number of nitrogens with zero attached hydrogens (tertiary/aromatic N) is 2. The van der Waals surface area contributed by atoms with Gasteiger partial charge in [-0.1, -0.05) is 0 Å². The summed E-state index contributed by atoms with van der Waals surface area (Å²) in [5.74, 6) is 0. The molecule has 0 amide bonds. The fourth-order valence-electron chi connectivity index (χ4n) is 0.879. The highest BCUT2D eigenvalue weighted by molar-refractivity contribution is 6.11. The maximum absolute atomic E-state index is 7.22. The maximum atomic E-state index is 7.22. The van der Waals surface area contributed by atoms with Crippen LogP contribution in [0.2, 0.25) is 0 Å². The summed E-state index contributed by atoms with van der Waals surface area (Å²) in [5, 5.41) is 0. The number of hydrogen-bond acceptors (Lipinski definition) is 2. The molecule has 0 aliphatic carbocycles. The average molecular weight is 119 g/mol. The van der Waals surface area contributed by atoms with Gasteiger partial charge in [-0.25, -0.2) is 0 Å². The molecule has 0 saturated carbocycles. The molecular formula is C7H6N2. The standard InChI is InChI=1S/C7H6N2/c1-4-9-7-2-3-8-5-6(1)7/h1,3-5H,2H2/i3D. The van der Waals surface area contributed by atoms with E-state index >= 15 is 0 Å². The van der Waals surface area contributed by atoms with Crippen LogP contribution in [0.1, 0.15) is 7.79 Å². The normalized spacial score (nSPS) is 24.0. The fourth-order valence-corrected chi connectivity index (χ4v) is 0.879. The van der Waals surface area contributed by atoms with E-state index in [0.717, 1.165) is 11.3 Å². The Morgan fingerprint density at radius 1 is 1.67 bits per heavy atom. The van der Waals surface area contributed by atoms with Crippen molar-refractivity contribution in [3.8, 4) is 0 Å². The summed E-state index contributed by atoms with van der Waals surface area (Å²) < 4.78 is 7.22. The zero-order valence-electron chi connectivity index (χ0n) is 5.83. The maximum Gasteiger partial charge on any atom is 0.0795 e. The molecule has 0 aromatic heterocycles. The van der Waals surface area contributed by atoms with Crippen molar-refractivity contribution in [3.63, 3.8) is 0 Å². The molecule has 0 N–H and O–H groups in total. The van der Waals surface area contributed by atoms with E-state index in [0.29, 0.717) is 12.6 Å². The largest absolute Gasteiger partial charge is 0.268 e. The van der Waals surface area contributed by atoms with Crippen LogP contribution in [0.4, 0.5) is 0 Å². The van der Waals surface area contributed by atoms with E-state index in [2.05, 4.69) is 9.98 Å². The molecule has 44 valence electrons. The second-order valence-electron chi connectivity index (χ2n) is 1.94. The molecule has 2 heterocycles. The quantitative estimate of drug-likeness (QED) is 0.459. The van der Waals surface area contributed by atoms with Gasteiger partial charge < -0.3 is 0 Å². The van der Waals surface area contributed by atoms with Gasteiger partial charge in [0.05, 0.1) is 7.08 Å². The van der Waals surface area contributed by atoms with Gasteiger partial charge in [0.25, 0.3) is 0 Å².